The molecule has 2 nitrogen and oxygen atoms in total. The molecule has 1 unspecified atom stereocenters. The van der Waals surface area contributed by atoms with Crippen molar-refractivity contribution in [2.45, 2.75) is 39.2 Å². The lowest BCUT2D eigenvalue weighted by molar-refractivity contribution is 0.133. The Hall–Kier alpha value is -0.540. The van der Waals surface area contributed by atoms with Gasteiger partial charge in [-0.05, 0) is 56.5 Å². The highest BCUT2D eigenvalue weighted by Crippen LogP contribution is 2.31. The molecular weight excluding hydrogens is 300 g/mol. The van der Waals surface area contributed by atoms with Crippen LogP contribution in [0.4, 0.5) is 5.69 Å². The Morgan fingerprint density at radius 3 is 2.53 bits per heavy atom. The van der Waals surface area contributed by atoms with Crippen LogP contribution in [-0.2, 0) is 0 Å². The van der Waals surface area contributed by atoms with Crippen LogP contribution in [0, 0.1) is 13.8 Å². The van der Waals surface area contributed by atoms with Crippen molar-refractivity contribution in [1.29, 1.82) is 0 Å². The van der Waals surface area contributed by atoms with E-state index in [0.717, 1.165) is 6.04 Å². The van der Waals surface area contributed by atoms with E-state index < -0.39 is 0 Å². The van der Waals surface area contributed by atoms with E-state index >= 15 is 0 Å². The maximum absolute atomic E-state index is 3.60. The van der Waals surface area contributed by atoms with Crippen molar-refractivity contribution in [3.05, 3.63) is 27.7 Å². The van der Waals surface area contributed by atoms with Crippen LogP contribution in [0.25, 0.3) is 0 Å². The second kappa shape index (κ2) is 5.45. The molecule has 0 N–H and O–H groups in total. The summed E-state index contributed by atoms with van der Waals surface area (Å²) in [6.07, 6.45) is 4.19. The van der Waals surface area contributed by atoms with Crippen LogP contribution in [-0.4, -0.2) is 37.1 Å². The highest BCUT2D eigenvalue weighted by atomic mass is 79.9. The molecule has 3 heteroatoms. The summed E-state index contributed by atoms with van der Waals surface area (Å²) in [6.45, 7) is 9.42. The Balaban J connectivity index is 1.83. The van der Waals surface area contributed by atoms with Gasteiger partial charge in [-0.3, -0.25) is 4.90 Å². The van der Waals surface area contributed by atoms with Crippen molar-refractivity contribution in [3.8, 4) is 0 Å². The van der Waals surface area contributed by atoms with Crippen LogP contribution in [0.15, 0.2) is 16.6 Å². The summed E-state index contributed by atoms with van der Waals surface area (Å²) in [5, 5.41) is 0. The summed E-state index contributed by atoms with van der Waals surface area (Å²) in [4.78, 5) is 5.31. The molecular formula is C16H23BrN2. The van der Waals surface area contributed by atoms with Gasteiger partial charge in [-0.15, -0.1) is 0 Å². The number of halogens is 1. The van der Waals surface area contributed by atoms with Gasteiger partial charge < -0.3 is 4.90 Å². The first-order chi connectivity index (χ1) is 9.15. The van der Waals surface area contributed by atoms with Crippen LogP contribution >= 0.6 is 15.9 Å². The highest BCUT2D eigenvalue weighted by Gasteiger charge is 2.29. The third kappa shape index (κ3) is 2.68. The molecule has 0 radical (unpaired) electrons. The normalized spacial score (nSPS) is 24.4. The number of piperidine rings is 1. The second-order valence-electron chi connectivity index (χ2n) is 6.02. The van der Waals surface area contributed by atoms with Crippen LogP contribution in [0.1, 0.15) is 30.4 Å². The number of hydrogen-bond acceptors (Lipinski definition) is 2. The van der Waals surface area contributed by atoms with E-state index in [1.165, 1.54) is 66.7 Å². The Morgan fingerprint density at radius 2 is 1.79 bits per heavy atom. The number of aryl methyl sites for hydroxylation is 2. The molecule has 3 rings (SSSR count). The van der Waals surface area contributed by atoms with Crippen molar-refractivity contribution in [1.82, 2.24) is 4.90 Å². The SMILES string of the molecule is Cc1cc(Br)cc(C)c1N1CCN2CCCCC2C1. The van der Waals surface area contributed by atoms with Crippen molar-refractivity contribution >= 4 is 21.6 Å². The lowest BCUT2D eigenvalue weighted by Crippen LogP contribution is -2.55. The average Bonchev–Trinajstić information content (AvgIpc) is 2.37. The molecule has 104 valence electrons. The summed E-state index contributed by atoms with van der Waals surface area (Å²) < 4.78 is 1.20. The van der Waals surface area contributed by atoms with Crippen molar-refractivity contribution in [2.24, 2.45) is 0 Å². The van der Waals surface area contributed by atoms with Gasteiger partial charge in [0.1, 0.15) is 0 Å². The number of rotatable bonds is 1. The second-order valence-corrected chi connectivity index (χ2v) is 6.94. The number of fused-ring (bicyclic) bond motifs is 1. The highest BCUT2D eigenvalue weighted by molar-refractivity contribution is 9.10. The van der Waals surface area contributed by atoms with Gasteiger partial charge in [0, 0.05) is 35.8 Å². The van der Waals surface area contributed by atoms with Gasteiger partial charge in [0.25, 0.3) is 0 Å². The van der Waals surface area contributed by atoms with Crippen LogP contribution < -0.4 is 4.90 Å². The molecule has 1 atom stereocenters. The van der Waals surface area contributed by atoms with Crippen LogP contribution in [0.3, 0.4) is 0 Å². The zero-order valence-corrected chi connectivity index (χ0v) is 13.5. The van der Waals surface area contributed by atoms with Gasteiger partial charge in [0.2, 0.25) is 0 Å². The molecule has 2 aliphatic rings. The Morgan fingerprint density at radius 1 is 1.05 bits per heavy atom. The molecule has 0 aromatic heterocycles. The zero-order chi connectivity index (χ0) is 13.4. The first-order valence-electron chi connectivity index (χ1n) is 7.41. The Bertz CT molecular complexity index is 449. The minimum absolute atomic E-state index is 0.782. The first-order valence-corrected chi connectivity index (χ1v) is 8.20. The molecule has 1 aromatic rings. The van der Waals surface area contributed by atoms with Gasteiger partial charge in [0.05, 0.1) is 0 Å². The standard InChI is InChI=1S/C16H23BrN2/c1-12-9-14(17)10-13(2)16(12)19-8-7-18-6-4-3-5-15(18)11-19/h9-10,15H,3-8,11H2,1-2H3. The van der Waals surface area contributed by atoms with Crippen LogP contribution in [0.5, 0.6) is 0 Å². The molecule has 2 aliphatic heterocycles. The van der Waals surface area contributed by atoms with Gasteiger partial charge in [0.15, 0.2) is 0 Å². The maximum Gasteiger partial charge on any atom is 0.0427 e. The molecule has 0 bridgehead atoms. The van der Waals surface area contributed by atoms with E-state index in [1.807, 2.05) is 0 Å². The third-order valence-corrected chi connectivity index (χ3v) is 5.07. The van der Waals surface area contributed by atoms with Crippen molar-refractivity contribution < 1.29 is 0 Å². The summed E-state index contributed by atoms with van der Waals surface area (Å²) in [7, 11) is 0. The molecule has 1 aromatic carbocycles. The number of hydrogen-bond donors (Lipinski definition) is 0. The maximum atomic E-state index is 3.60. The minimum atomic E-state index is 0.782. The number of piperazine rings is 1. The molecule has 19 heavy (non-hydrogen) atoms. The summed E-state index contributed by atoms with van der Waals surface area (Å²) in [5.74, 6) is 0. The molecule has 2 saturated heterocycles. The zero-order valence-electron chi connectivity index (χ0n) is 12.0. The molecule has 2 heterocycles. The minimum Gasteiger partial charge on any atom is -0.368 e. The van der Waals surface area contributed by atoms with E-state index in [9.17, 15) is 0 Å². The molecule has 0 spiro atoms. The lowest BCUT2D eigenvalue weighted by Gasteiger charge is -2.45. The third-order valence-electron chi connectivity index (χ3n) is 4.61. The number of nitrogens with zero attached hydrogens (tertiary/aromatic N) is 2. The lowest BCUT2D eigenvalue weighted by atomic mass is 9.98. The van der Waals surface area contributed by atoms with Gasteiger partial charge in [-0.2, -0.15) is 0 Å². The Labute approximate surface area is 124 Å². The van der Waals surface area contributed by atoms with E-state index in [1.54, 1.807) is 0 Å². The summed E-state index contributed by atoms with van der Waals surface area (Å²) in [6, 6.07) is 5.27. The fraction of sp³-hybridized carbons (Fsp3) is 0.625. The van der Waals surface area contributed by atoms with E-state index in [2.05, 4.69) is 51.7 Å². The average molecular weight is 323 g/mol. The summed E-state index contributed by atoms with van der Waals surface area (Å²) in [5.41, 5.74) is 4.26. The van der Waals surface area contributed by atoms with Crippen molar-refractivity contribution in [2.75, 3.05) is 31.1 Å². The molecule has 0 aliphatic carbocycles. The van der Waals surface area contributed by atoms with E-state index in [-0.39, 0.29) is 0 Å². The van der Waals surface area contributed by atoms with Crippen LogP contribution in [0.2, 0.25) is 0 Å². The molecule has 2 fully saturated rings. The van der Waals surface area contributed by atoms with E-state index in [0.29, 0.717) is 0 Å². The predicted octanol–water partition coefficient (Wildman–Crippen LogP) is 3.74. The fourth-order valence-electron chi connectivity index (χ4n) is 3.76. The number of anilines is 1. The topological polar surface area (TPSA) is 6.48 Å². The molecule has 0 amide bonds. The van der Waals surface area contributed by atoms with Crippen molar-refractivity contribution in [3.63, 3.8) is 0 Å². The largest absolute Gasteiger partial charge is 0.368 e. The van der Waals surface area contributed by atoms with Gasteiger partial charge >= 0.3 is 0 Å². The molecule has 0 saturated carbocycles. The fourth-order valence-corrected chi connectivity index (χ4v) is 4.45. The first kappa shape index (κ1) is 13.4. The smallest absolute Gasteiger partial charge is 0.0427 e. The Kier molecular flexibility index (Phi) is 3.86. The van der Waals surface area contributed by atoms with Gasteiger partial charge in [-0.1, -0.05) is 22.4 Å². The summed E-state index contributed by atoms with van der Waals surface area (Å²) >= 11 is 3.60. The van der Waals surface area contributed by atoms with E-state index in [4.69, 9.17) is 0 Å². The predicted molar refractivity (Wildman–Crippen MR) is 85.0 cm³/mol. The monoisotopic (exact) mass is 322 g/mol. The van der Waals surface area contributed by atoms with Gasteiger partial charge in [-0.25, -0.2) is 0 Å². The quantitative estimate of drug-likeness (QED) is 0.777. The number of benzene rings is 1.